The molecule has 1 aromatic heterocycles. The van der Waals surface area contributed by atoms with Crippen molar-refractivity contribution in [1.82, 2.24) is 10.3 Å². The van der Waals surface area contributed by atoms with Crippen LogP contribution >= 0.6 is 0 Å². The van der Waals surface area contributed by atoms with Gasteiger partial charge in [-0.1, -0.05) is 24.3 Å². The Morgan fingerprint density at radius 2 is 2.00 bits per heavy atom. The molecule has 0 aliphatic rings. The van der Waals surface area contributed by atoms with Crippen LogP contribution in [0.15, 0.2) is 54.9 Å². The molecule has 2 N–H and O–H groups in total. The first-order chi connectivity index (χ1) is 10.8. The molecule has 1 heterocycles. The highest BCUT2D eigenvalue weighted by Gasteiger charge is 2.11. The largest absolute Gasteiger partial charge is 0.396 e. The third kappa shape index (κ3) is 5.18. The summed E-state index contributed by atoms with van der Waals surface area (Å²) in [6.07, 6.45) is 4.07. The van der Waals surface area contributed by atoms with E-state index in [2.05, 4.69) is 10.3 Å². The molecular formula is C17H21N3O2. The second-order valence-electron chi connectivity index (χ2n) is 4.97. The number of aliphatic hydroxyl groups excluding tert-OH is 1. The number of rotatable bonds is 8. The smallest absolute Gasteiger partial charge is 0.239 e. The van der Waals surface area contributed by atoms with Gasteiger partial charge in [-0.2, -0.15) is 0 Å². The minimum absolute atomic E-state index is 0.0503. The van der Waals surface area contributed by atoms with Gasteiger partial charge in [0.05, 0.1) is 6.54 Å². The number of carbonyl (C=O) groups is 1. The number of hydrogen-bond donors (Lipinski definition) is 2. The van der Waals surface area contributed by atoms with Crippen LogP contribution in [0.1, 0.15) is 12.0 Å². The first-order valence-electron chi connectivity index (χ1n) is 7.36. The monoisotopic (exact) mass is 299 g/mol. The van der Waals surface area contributed by atoms with Crippen molar-refractivity contribution in [1.29, 1.82) is 0 Å². The predicted molar refractivity (Wildman–Crippen MR) is 86.4 cm³/mol. The van der Waals surface area contributed by atoms with Gasteiger partial charge in [0, 0.05) is 37.8 Å². The summed E-state index contributed by atoms with van der Waals surface area (Å²) in [5.41, 5.74) is 1.95. The first-order valence-corrected chi connectivity index (χ1v) is 7.36. The minimum Gasteiger partial charge on any atom is -0.396 e. The second kappa shape index (κ2) is 8.79. The van der Waals surface area contributed by atoms with Crippen LogP contribution in [0.3, 0.4) is 0 Å². The fourth-order valence-corrected chi connectivity index (χ4v) is 2.13. The molecule has 0 atom stereocenters. The van der Waals surface area contributed by atoms with Crippen molar-refractivity contribution >= 4 is 11.6 Å². The third-order valence-electron chi connectivity index (χ3n) is 3.25. The summed E-state index contributed by atoms with van der Waals surface area (Å²) in [6.45, 7) is 1.49. The standard InChI is InChI=1S/C17H21N3O2/c21-11-5-10-20(16-7-2-1-3-8-16)14-17(22)19-13-15-6-4-9-18-12-15/h1-4,6-9,12,21H,5,10-11,13-14H2,(H,19,22). The van der Waals surface area contributed by atoms with Crippen molar-refractivity contribution in [3.63, 3.8) is 0 Å². The molecule has 1 aromatic carbocycles. The van der Waals surface area contributed by atoms with E-state index in [-0.39, 0.29) is 19.1 Å². The molecular weight excluding hydrogens is 278 g/mol. The number of benzene rings is 1. The lowest BCUT2D eigenvalue weighted by atomic mass is 10.2. The van der Waals surface area contributed by atoms with Gasteiger partial charge in [-0.25, -0.2) is 0 Å². The highest BCUT2D eigenvalue weighted by Crippen LogP contribution is 2.13. The van der Waals surface area contributed by atoms with Crippen LogP contribution in [0.5, 0.6) is 0 Å². The highest BCUT2D eigenvalue weighted by atomic mass is 16.3. The molecule has 0 aliphatic carbocycles. The fourth-order valence-electron chi connectivity index (χ4n) is 2.13. The Bertz CT molecular complexity index is 561. The highest BCUT2D eigenvalue weighted by molar-refractivity contribution is 5.81. The number of nitrogens with zero attached hydrogens (tertiary/aromatic N) is 2. The molecule has 2 rings (SSSR count). The van der Waals surface area contributed by atoms with Crippen molar-refractivity contribution in [2.45, 2.75) is 13.0 Å². The lowest BCUT2D eigenvalue weighted by Crippen LogP contribution is -2.37. The molecule has 0 radical (unpaired) electrons. The summed E-state index contributed by atoms with van der Waals surface area (Å²) in [6, 6.07) is 13.5. The molecule has 0 fully saturated rings. The Balaban J connectivity index is 1.90. The van der Waals surface area contributed by atoms with Gasteiger partial charge in [0.25, 0.3) is 0 Å². The molecule has 5 heteroatoms. The predicted octanol–water partition coefficient (Wildman–Crippen LogP) is 1.59. The number of aliphatic hydroxyl groups is 1. The van der Waals surface area contributed by atoms with Gasteiger partial charge >= 0.3 is 0 Å². The van der Waals surface area contributed by atoms with Gasteiger partial charge in [-0.3, -0.25) is 9.78 Å². The molecule has 116 valence electrons. The number of anilines is 1. The third-order valence-corrected chi connectivity index (χ3v) is 3.25. The maximum Gasteiger partial charge on any atom is 0.239 e. The number of pyridine rings is 1. The molecule has 0 spiro atoms. The van der Waals surface area contributed by atoms with Gasteiger partial charge in [0.15, 0.2) is 0 Å². The van der Waals surface area contributed by atoms with E-state index in [0.29, 0.717) is 19.5 Å². The van der Waals surface area contributed by atoms with Crippen molar-refractivity contribution in [3.05, 3.63) is 60.4 Å². The van der Waals surface area contributed by atoms with Gasteiger partial charge in [-0.15, -0.1) is 0 Å². The average molecular weight is 299 g/mol. The van der Waals surface area contributed by atoms with Gasteiger partial charge < -0.3 is 15.3 Å². The fraction of sp³-hybridized carbons (Fsp3) is 0.294. The van der Waals surface area contributed by atoms with Gasteiger partial charge in [0.2, 0.25) is 5.91 Å². The van der Waals surface area contributed by atoms with Crippen LogP contribution < -0.4 is 10.2 Å². The molecule has 0 unspecified atom stereocenters. The molecule has 2 aromatic rings. The topological polar surface area (TPSA) is 65.5 Å². The summed E-state index contributed by atoms with van der Waals surface area (Å²) < 4.78 is 0. The van der Waals surface area contributed by atoms with Crippen molar-refractivity contribution in [2.24, 2.45) is 0 Å². The molecule has 0 saturated carbocycles. The summed E-state index contributed by atoms with van der Waals surface area (Å²) in [4.78, 5) is 18.1. The van der Waals surface area contributed by atoms with Crippen LogP contribution in [-0.2, 0) is 11.3 Å². The molecule has 0 bridgehead atoms. The molecule has 1 amide bonds. The van der Waals surface area contributed by atoms with Gasteiger partial charge in [0.1, 0.15) is 0 Å². The zero-order valence-electron chi connectivity index (χ0n) is 12.5. The number of hydrogen-bond acceptors (Lipinski definition) is 4. The van der Waals surface area contributed by atoms with Crippen LogP contribution in [0.2, 0.25) is 0 Å². The SMILES string of the molecule is O=C(CN(CCCO)c1ccccc1)NCc1cccnc1. The first kappa shape index (κ1) is 16.0. The maximum absolute atomic E-state index is 12.1. The second-order valence-corrected chi connectivity index (χ2v) is 4.97. The van der Waals surface area contributed by atoms with E-state index in [4.69, 9.17) is 5.11 Å². The Labute approximate surface area is 130 Å². The number of carbonyl (C=O) groups excluding carboxylic acids is 1. The van der Waals surface area contributed by atoms with Gasteiger partial charge in [-0.05, 0) is 30.2 Å². The zero-order valence-corrected chi connectivity index (χ0v) is 12.5. The number of aromatic nitrogens is 1. The minimum atomic E-state index is -0.0503. The van der Waals surface area contributed by atoms with E-state index in [1.807, 2.05) is 47.4 Å². The molecule has 0 saturated heterocycles. The number of nitrogens with one attached hydrogen (secondary N) is 1. The van der Waals surface area contributed by atoms with Crippen LogP contribution in [0.25, 0.3) is 0 Å². The average Bonchev–Trinajstić information content (AvgIpc) is 2.58. The van der Waals surface area contributed by atoms with E-state index in [1.165, 1.54) is 0 Å². The summed E-state index contributed by atoms with van der Waals surface area (Å²) >= 11 is 0. The van der Waals surface area contributed by atoms with E-state index in [0.717, 1.165) is 11.3 Å². The summed E-state index contributed by atoms with van der Waals surface area (Å²) in [5.74, 6) is -0.0503. The number of para-hydroxylation sites is 1. The van der Waals surface area contributed by atoms with Crippen molar-refractivity contribution < 1.29 is 9.90 Å². The molecule has 22 heavy (non-hydrogen) atoms. The zero-order chi connectivity index (χ0) is 15.6. The van der Waals surface area contributed by atoms with E-state index in [9.17, 15) is 4.79 Å². The number of amides is 1. The van der Waals surface area contributed by atoms with Crippen molar-refractivity contribution in [2.75, 3.05) is 24.6 Å². The Kier molecular flexibility index (Phi) is 6.39. The molecule has 0 aliphatic heterocycles. The van der Waals surface area contributed by atoms with E-state index < -0.39 is 0 Å². The van der Waals surface area contributed by atoms with Crippen molar-refractivity contribution in [3.8, 4) is 0 Å². The normalized spacial score (nSPS) is 10.2. The summed E-state index contributed by atoms with van der Waals surface area (Å²) in [7, 11) is 0. The maximum atomic E-state index is 12.1. The Morgan fingerprint density at radius 1 is 1.18 bits per heavy atom. The van der Waals surface area contributed by atoms with Crippen LogP contribution in [-0.4, -0.2) is 35.7 Å². The lowest BCUT2D eigenvalue weighted by molar-refractivity contribution is -0.119. The molecule has 5 nitrogen and oxygen atoms in total. The van der Waals surface area contributed by atoms with E-state index in [1.54, 1.807) is 12.4 Å². The van der Waals surface area contributed by atoms with Crippen LogP contribution in [0.4, 0.5) is 5.69 Å². The lowest BCUT2D eigenvalue weighted by Gasteiger charge is -2.24. The van der Waals surface area contributed by atoms with E-state index >= 15 is 0 Å². The Morgan fingerprint density at radius 3 is 2.68 bits per heavy atom. The summed E-state index contributed by atoms with van der Waals surface area (Å²) in [5, 5.41) is 11.9. The van der Waals surface area contributed by atoms with Crippen LogP contribution in [0, 0.1) is 0 Å². The Hall–Kier alpha value is -2.40. The quantitative estimate of drug-likeness (QED) is 0.777.